The lowest BCUT2D eigenvalue weighted by atomic mass is 9.95. The van der Waals surface area contributed by atoms with Crippen LogP contribution in [0.5, 0.6) is 0 Å². The average molecular weight is 404 g/mol. The molecule has 0 radical (unpaired) electrons. The maximum absolute atomic E-state index is 13.2. The standard InChI is InChI=1S/C22H29NO4S/c1-13(2)10-19(22(24)27-7)23-28(25,26)20-11-16(6)18-12-17(14(3)4)9-8-15(5)21(18)20/h11-14,19,23H,10H2,1-7H3. The number of carbonyl (C=O) groups is 1. The molecule has 0 spiro atoms. The molecule has 0 aromatic rings. The summed E-state index contributed by atoms with van der Waals surface area (Å²) in [5, 5.41) is 0. The fourth-order valence-electron chi connectivity index (χ4n) is 3.25. The predicted molar refractivity (Wildman–Crippen MR) is 111 cm³/mol. The minimum absolute atomic E-state index is 0.126. The van der Waals surface area contributed by atoms with Crippen molar-refractivity contribution >= 4 is 16.0 Å². The number of carbonyl (C=O) groups excluding carboxylic acids is 1. The average Bonchev–Trinajstić information content (AvgIpc) is 2.82. The van der Waals surface area contributed by atoms with Crippen LogP contribution < -0.4 is 4.72 Å². The molecular weight excluding hydrogens is 374 g/mol. The third kappa shape index (κ3) is 4.65. The van der Waals surface area contributed by atoms with Crippen LogP contribution in [0, 0.1) is 11.8 Å². The van der Waals surface area contributed by atoms with Gasteiger partial charge in [0.1, 0.15) is 6.04 Å². The molecule has 0 aliphatic heterocycles. The van der Waals surface area contributed by atoms with Crippen LogP contribution in [0.25, 0.3) is 0 Å². The van der Waals surface area contributed by atoms with E-state index in [9.17, 15) is 13.2 Å². The number of ether oxygens (including phenoxy) is 1. The van der Waals surface area contributed by atoms with Gasteiger partial charge in [-0.2, -0.15) is 4.72 Å². The van der Waals surface area contributed by atoms with Gasteiger partial charge in [0.2, 0.25) is 10.0 Å². The predicted octanol–water partition coefficient (Wildman–Crippen LogP) is 3.93. The van der Waals surface area contributed by atoms with E-state index in [1.54, 1.807) is 6.08 Å². The Morgan fingerprint density at radius 3 is 2.32 bits per heavy atom. The number of sulfonamides is 1. The lowest BCUT2D eigenvalue weighted by Gasteiger charge is -2.19. The van der Waals surface area contributed by atoms with Crippen molar-refractivity contribution in [2.24, 2.45) is 11.8 Å². The zero-order valence-corrected chi connectivity index (χ0v) is 18.5. The maximum Gasteiger partial charge on any atom is 0.323 e. The van der Waals surface area contributed by atoms with E-state index in [-0.39, 0.29) is 16.7 Å². The second kappa shape index (κ2) is 8.50. The first-order chi connectivity index (χ1) is 13.0. The fraction of sp³-hybridized carbons (Fsp3) is 0.500. The Balaban J connectivity index is 2.54. The summed E-state index contributed by atoms with van der Waals surface area (Å²) in [5.41, 5.74) is 10.2. The quantitative estimate of drug-likeness (QED) is 0.516. The molecule has 1 atom stereocenters. The molecular formula is C22H29NO4S. The number of esters is 1. The SMILES string of the molecule is COC(=O)C(CC(C)C)NS(=O)(=O)C1=C2C(C)=C=C=C(C(C)C)C=C2C(C)=C1. The molecule has 0 saturated heterocycles. The van der Waals surface area contributed by atoms with Crippen molar-refractivity contribution in [2.45, 2.75) is 54.0 Å². The first-order valence-electron chi connectivity index (χ1n) is 9.45. The second-order valence-electron chi connectivity index (χ2n) is 7.94. The molecule has 0 bridgehead atoms. The Hall–Kier alpha value is -2.10. The van der Waals surface area contributed by atoms with Gasteiger partial charge in [-0.1, -0.05) is 39.2 Å². The normalized spacial score (nSPS) is 17.8. The molecule has 0 fully saturated rings. The van der Waals surface area contributed by atoms with E-state index < -0.39 is 22.0 Å². The van der Waals surface area contributed by atoms with Crippen molar-refractivity contribution in [3.8, 4) is 0 Å². The molecule has 2 rings (SSSR count). The van der Waals surface area contributed by atoms with Crippen LogP contribution in [0.4, 0.5) is 0 Å². The Morgan fingerprint density at radius 2 is 1.79 bits per heavy atom. The van der Waals surface area contributed by atoms with Gasteiger partial charge in [0.15, 0.2) is 0 Å². The highest BCUT2D eigenvalue weighted by Crippen LogP contribution is 2.39. The monoisotopic (exact) mass is 403 g/mol. The molecule has 6 heteroatoms. The molecule has 152 valence electrons. The summed E-state index contributed by atoms with van der Waals surface area (Å²) in [5.74, 6) is -0.219. The van der Waals surface area contributed by atoms with Gasteiger partial charge >= 0.3 is 5.97 Å². The molecule has 2 aliphatic carbocycles. The van der Waals surface area contributed by atoms with Crippen molar-refractivity contribution in [3.05, 3.63) is 56.4 Å². The largest absolute Gasteiger partial charge is 0.468 e. The minimum Gasteiger partial charge on any atom is -0.468 e. The molecule has 28 heavy (non-hydrogen) atoms. The van der Waals surface area contributed by atoms with Crippen LogP contribution in [0.15, 0.2) is 56.4 Å². The number of fused-ring (bicyclic) bond motifs is 1. The topological polar surface area (TPSA) is 72.5 Å². The van der Waals surface area contributed by atoms with E-state index in [1.807, 2.05) is 33.8 Å². The smallest absolute Gasteiger partial charge is 0.323 e. The van der Waals surface area contributed by atoms with E-state index in [0.717, 1.165) is 16.7 Å². The highest BCUT2D eigenvalue weighted by molar-refractivity contribution is 7.93. The lowest BCUT2D eigenvalue weighted by Crippen LogP contribution is -2.42. The van der Waals surface area contributed by atoms with Crippen LogP contribution in [0.1, 0.15) is 48.0 Å². The van der Waals surface area contributed by atoms with Crippen LogP contribution >= 0.6 is 0 Å². The van der Waals surface area contributed by atoms with Crippen LogP contribution in [0.2, 0.25) is 0 Å². The van der Waals surface area contributed by atoms with Gasteiger partial charge in [0.25, 0.3) is 0 Å². The lowest BCUT2D eigenvalue weighted by molar-refractivity contribution is -0.143. The summed E-state index contributed by atoms with van der Waals surface area (Å²) in [6.45, 7) is 11.7. The van der Waals surface area contributed by atoms with Crippen molar-refractivity contribution in [1.29, 1.82) is 0 Å². The van der Waals surface area contributed by atoms with Crippen molar-refractivity contribution in [1.82, 2.24) is 4.72 Å². The molecule has 1 unspecified atom stereocenters. The molecule has 5 nitrogen and oxygen atoms in total. The summed E-state index contributed by atoms with van der Waals surface area (Å²) in [7, 11) is -2.68. The number of nitrogens with one attached hydrogen (secondary N) is 1. The highest BCUT2D eigenvalue weighted by Gasteiger charge is 2.34. The molecule has 0 saturated carbocycles. The van der Waals surface area contributed by atoms with Gasteiger partial charge in [0, 0.05) is 16.7 Å². The van der Waals surface area contributed by atoms with Gasteiger partial charge in [-0.25, -0.2) is 8.42 Å². The van der Waals surface area contributed by atoms with E-state index in [1.165, 1.54) is 7.11 Å². The van der Waals surface area contributed by atoms with Gasteiger partial charge in [-0.05, 0) is 55.4 Å². The van der Waals surface area contributed by atoms with Crippen molar-refractivity contribution in [2.75, 3.05) is 7.11 Å². The van der Waals surface area contributed by atoms with Crippen LogP contribution in [-0.2, 0) is 19.6 Å². The van der Waals surface area contributed by atoms with Gasteiger partial charge in [-0.15, -0.1) is 0 Å². The first-order valence-corrected chi connectivity index (χ1v) is 10.9. The first kappa shape index (κ1) is 22.2. The Morgan fingerprint density at radius 1 is 1.14 bits per heavy atom. The fourth-order valence-corrected chi connectivity index (χ4v) is 4.81. The van der Waals surface area contributed by atoms with Gasteiger partial charge in [-0.3, -0.25) is 4.79 Å². The summed E-state index contributed by atoms with van der Waals surface area (Å²) in [4.78, 5) is 12.3. The molecule has 0 aromatic carbocycles. The van der Waals surface area contributed by atoms with Crippen molar-refractivity contribution in [3.63, 3.8) is 0 Å². The number of allylic oxidation sites excluding steroid dienone is 7. The maximum atomic E-state index is 13.2. The zero-order valence-electron chi connectivity index (χ0n) is 17.6. The van der Waals surface area contributed by atoms with E-state index >= 15 is 0 Å². The van der Waals surface area contributed by atoms with E-state index in [0.29, 0.717) is 17.6 Å². The Labute approximate surface area is 168 Å². The van der Waals surface area contributed by atoms with E-state index in [2.05, 4.69) is 30.0 Å². The summed E-state index contributed by atoms with van der Waals surface area (Å²) in [6, 6.07) is -0.931. The molecule has 2 aliphatic rings. The summed E-state index contributed by atoms with van der Waals surface area (Å²) in [6.07, 6.45) is 3.99. The van der Waals surface area contributed by atoms with Crippen LogP contribution in [-0.4, -0.2) is 27.5 Å². The highest BCUT2D eigenvalue weighted by atomic mass is 32.2. The number of methoxy groups -OCH3 is 1. The van der Waals surface area contributed by atoms with Crippen molar-refractivity contribution < 1.29 is 17.9 Å². The molecule has 0 aromatic heterocycles. The molecule has 0 heterocycles. The van der Waals surface area contributed by atoms with E-state index in [4.69, 9.17) is 4.74 Å². The summed E-state index contributed by atoms with van der Waals surface area (Å²) < 4.78 is 33.7. The van der Waals surface area contributed by atoms with Gasteiger partial charge < -0.3 is 4.74 Å². The Kier molecular flexibility index (Phi) is 6.74. The van der Waals surface area contributed by atoms with Crippen LogP contribution in [0.3, 0.4) is 0 Å². The third-order valence-electron chi connectivity index (χ3n) is 4.76. The summed E-state index contributed by atoms with van der Waals surface area (Å²) >= 11 is 0. The number of hydrogen-bond acceptors (Lipinski definition) is 4. The molecule has 1 N–H and O–H groups in total. The second-order valence-corrected chi connectivity index (χ2v) is 9.62. The third-order valence-corrected chi connectivity index (χ3v) is 6.25. The Bertz CT molecular complexity index is 978. The molecule has 0 amide bonds. The minimum atomic E-state index is -3.94. The van der Waals surface area contributed by atoms with Gasteiger partial charge in [0.05, 0.1) is 12.0 Å². The number of rotatable bonds is 7. The number of hydrogen-bond donors (Lipinski definition) is 1. The zero-order chi connectivity index (χ0) is 21.2.